The first-order valence-electron chi connectivity index (χ1n) is 7.32. The van der Waals surface area contributed by atoms with Crippen molar-refractivity contribution in [2.45, 2.75) is 47.5 Å². The molecule has 0 aliphatic rings. The average molecular weight is 293 g/mol. The van der Waals surface area contributed by atoms with Crippen LogP contribution in [0.15, 0.2) is 0 Å². The van der Waals surface area contributed by atoms with Gasteiger partial charge < -0.3 is 9.47 Å². The van der Waals surface area contributed by atoms with Crippen LogP contribution in [0.1, 0.15) is 64.9 Å². The predicted molar refractivity (Wildman–Crippen MR) is 79.6 cm³/mol. The molecular weight excluding hydrogens is 270 g/mol. The van der Waals surface area contributed by atoms with Crippen molar-refractivity contribution in [2.75, 3.05) is 13.2 Å². The third-order valence-electron chi connectivity index (χ3n) is 3.12. The second kappa shape index (κ2) is 7.76. The number of ether oxygens (including phenoxy) is 2. The lowest BCUT2D eigenvalue weighted by Gasteiger charge is -2.16. The van der Waals surface area contributed by atoms with Gasteiger partial charge in [0.2, 0.25) is 0 Å². The summed E-state index contributed by atoms with van der Waals surface area (Å²) in [6.45, 7) is 9.58. The largest absolute Gasteiger partial charge is 0.462 e. The molecule has 5 heteroatoms. The summed E-state index contributed by atoms with van der Waals surface area (Å²) < 4.78 is 10.2. The number of carbonyl (C=O) groups excluding carboxylic acids is 2. The van der Waals surface area contributed by atoms with Crippen molar-refractivity contribution in [1.82, 2.24) is 4.98 Å². The van der Waals surface area contributed by atoms with Crippen LogP contribution in [0.5, 0.6) is 0 Å². The van der Waals surface area contributed by atoms with Gasteiger partial charge in [-0.15, -0.1) is 0 Å². The zero-order valence-corrected chi connectivity index (χ0v) is 13.4. The van der Waals surface area contributed by atoms with E-state index in [0.717, 1.165) is 6.42 Å². The minimum Gasteiger partial charge on any atom is -0.462 e. The van der Waals surface area contributed by atoms with Crippen LogP contribution >= 0.6 is 0 Å². The van der Waals surface area contributed by atoms with E-state index >= 15 is 0 Å². The van der Waals surface area contributed by atoms with Gasteiger partial charge in [0.25, 0.3) is 0 Å². The van der Waals surface area contributed by atoms with Crippen LogP contribution in [0.25, 0.3) is 0 Å². The number of esters is 2. The van der Waals surface area contributed by atoms with E-state index in [9.17, 15) is 9.59 Å². The van der Waals surface area contributed by atoms with Crippen molar-refractivity contribution in [3.05, 3.63) is 28.1 Å². The molecule has 0 aromatic carbocycles. The lowest BCUT2D eigenvalue weighted by molar-refractivity contribution is 0.0520. The molecule has 116 valence electrons. The molecule has 0 atom stereocenters. The van der Waals surface area contributed by atoms with Crippen LogP contribution in [0.2, 0.25) is 0 Å². The number of hydrogen-bond donors (Lipinski definition) is 0. The highest BCUT2D eigenvalue weighted by Gasteiger charge is 2.25. The van der Waals surface area contributed by atoms with E-state index in [1.54, 1.807) is 27.7 Å². The Morgan fingerprint density at radius 2 is 1.33 bits per heavy atom. The lowest BCUT2D eigenvalue weighted by Crippen LogP contribution is -2.19. The number of aromatic nitrogens is 1. The van der Waals surface area contributed by atoms with Gasteiger partial charge in [0.1, 0.15) is 0 Å². The molecule has 5 nitrogen and oxygen atoms in total. The highest BCUT2D eigenvalue weighted by molar-refractivity contribution is 5.99. The molecule has 1 rings (SSSR count). The van der Waals surface area contributed by atoms with Crippen LogP contribution in [-0.2, 0) is 15.9 Å². The molecule has 0 aliphatic carbocycles. The van der Waals surface area contributed by atoms with E-state index < -0.39 is 11.9 Å². The summed E-state index contributed by atoms with van der Waals surface area (Å²) in [5, 5.41) is 0. The van der Waals surface area contributed by atoms with Crippen molar-refractivity contribution in [3.63, 3.8) is 0 Å². The summed E-state index contributed by atoms with van der Waals surface area (Å²) in [6.07, 6.45) is 1.41. The molecule has 0 radical (unpaired) electrons. The Morgan fingerprint density at radius 3 is 1.67 bits per heavy atom. The highest BCUT2D eigenvalue weighted by Crippen LogP contribution is 2.24. The number of hydrogen-bond acceptors (Lipinski definition) is 5. The van der Waals surface area contributed by atoms with Gasteiger partial charge >= 0.3 is 11.9 Å². The van der Waals surface area contributed by atoms with Crippen LogP contribution < -0.4 is 0 Å². The summed E-state index contributed by atoms with van der Waals surface area (Å²) in [4.78, 5) is 28.7. The van der Waals surface area contributed by atoms with Crippen LogP contribution in [0.3, 0.4) is 0 Å². The second-order valence-electron chi connectivity index (χ2n) is 4.70. The van der Waals surface area contributed by atoms with Gasteiger partial charge in [-0.05, 0) is 39.7 Å². The fourth-order valence-electron chi connectivity index (χ4n) is 2.37. The third kappa shape index (κ3) is 3.80. The number of aryl methyl sites for hydroxylation is 2. The van der Waals surface area contributed by atoms with E-state index in [1.165, 1.54) is 0 Å². The molecule has 1 aromatic heterocycles. The Kier molecular flexibility index (Phi) is 6.34. The lowest BCUT2D eigenvalue weighted by atomic mass is 9.95. The molecule has 21 heavy (non-hydrogen) atoms. The van der Waals surface area contributed by atoms with E-state index in [2.05, 4.69) is 4.98 Å². The quantitative estimate of drug-likeness (QED) is 0.754. The summed E-state index contributed by atoms with van der Waals surface area (Å²) in [5.41, 5.74) is 2.64. The minimum atomic E-state index is -0.434. The number of nitrogens with zero attached hydrogens (tertiary/aromatic N) is 1. The molecule has 0 saturated carbocycles. The fourth-order valence-corrected chi connectivity index (χ4v) is 2.37. The maximum atomic E-state index is 12.2. The topological polar surface area (TPSA) is 65.5 Å². The van der Waals surface area contributed by atoms with Gasteiger partial charge in [-0.1, -0.05) is 13.3 Å². The van der Waals surface area contributed by atoms with E-state index in [4.69, 9.17) is 9.47 Å². The molecule has 0 aliphatic heterocycles. The number of carbonyl (C=O) groups is 2. The number of pyridine rings is 1. The third-order valence-corrected chi connectivity index (χ3v) is 3.12. The van der Waals surface area contributed by atoms with Crippen molar-refractivity contribution in [1.29, 1.82) is 0 Å². The Balaban J connectivity index is 3.51. The first-order valence-corrected chi connectivity index (χ1v) is 7.32. The van der Waals surface area contributed by atoms with E-state index in [-0.39, 0.29) is 13.2 Å². The molecule has 1 heterocycles. The van der Waals surface area contributed by atoms with Crippen molar-refractivity contribution >= 4 is 11.9 Å². The average Bonchev–Trinajstić information content (AvgIpc) is 2.39. The molecule has 0 spiro atoms. The Morgan fingerprint density at radius 1 is 0.905 bits per heavy atom. The fraction of sp³-hybridized carbons (Fsp3) is 0.562. The normalized spacial score (nSPS) is 10.3. The minimum absolute atomic E-state index is 0.284. The predicted octanol–water partition coefficient (Wildman–Crippen LogP) is 3.00. The molecule has 0 unspecified atom stereocenters. The Hall–Kier alpha value is -1.91. The summed E-state index contributed by atoms with van der Waals surface area (Å²) in [7, 11) is 0. The van der Waals surface area contributed by atoms with Crippen molar-refractivity contribution in [3.8, 4) is 0 Å². The van der Waals surface area contributed by atoms with Crippen molar-refractivity contribution in [2.24, 2.45) is 0 Å². The Labute approximate surface area is 125 Å². The van der Waals surface area contributed by atoms with Gasteiger partial charge in [-0.2, -0.15) is 0 Å². The second-order valence-corrected chi connectivity index (χ2v) is 4.70. The molecule has 0 fully saturated rings. The van der Waals surface area contributed by atoms with Crippen LogP contribution in [0, 0.1) is 13.8 Å². The van der Waals surface area contributed by atoms with Gasteiger partial charge in [-0.25, -0.2) is 9.59 Å². The first kappa shape index (κ1) is 17.1. The monoisotopic (exact) mass is 293 g/mol. The van der Waals surface area contributed by atoms with Gasteiger partial charge in [0, 0.05) is 0 Å². The highest BCUT2D eigenvalue weighted by atomic mass is 16.5. The molecule has 0 amide bonds. The summed E-state index contributed by atoms with van der Waals surface area (Å²) in [6, 6.07) is 0. The van der Waals surface area contributed by atoms with Gasteiger partial charge in [0.15, 0.2) is 0 Å². The molecule has 1 aromatic rings. The molecular formula is C16H23NO4. The van der Waals surface area contributed by atoms with E-state index in [0.29, 0.717) is 34.5 Å². The molecule has 0 bridgehead atoms. The molecule has 0 saturated heterocycles. The number of rotatable bonds is 6. The maximum absolute atomic E-state index is 12.2. The van der Waals surface area contributed by atoms with Gasteiger partial charge in [0.05, 0.1) is 35.7 Å². The molecule has 0 N–H and O–H groups in total. The summed E-state index contributed by atoms with van der Waals surface area (Å²) in [5.74, 6) is -0.868. The van der Waals surface area contributed by atoms with Gasteiger partial charge in [-0.3, -0.25) is 4.98 Å². The SMILES string of the molecule is CCCc1c(C(=O)OCC)c(C)nc(C)c1C(=O)OCC. The first-order chi connectivity index (χ1) is 9.97. The smallest absolute Gasteiger partial charge is 0.340 e. The van der Waals surface area contributed by atoms with Crippen LogP contribution in [-0.4, -0.2) is 30.1 Å². The maximum Gasteiger partial charge on any atom is 0.340 e. The van der Waals surface area contributed by atoms with E-state index in [1.807, 2.05) is 6.92 Å². The summed E-state index contributed by atoms with van der Waals surface area (Å²) >= 11 is 0. The van der Waals surface area contributed by atoms with Crippen LogP contribution in [0.4, 0.5) is 0 Å². The Bertz CT molecular complexity index is 495. The standard InChI is InChI=1S/C16H23NO4/c1-6-9-12-13(15(18)20-7-2)10(4)17-11(5)14(12)16(19)21-8-3/h6-9H2,1-5H3. The zero-order chi connectivity index (χ0) is 16.0. The zero-order valence-electron chi connectivity index (χ0n) is 13.4. The van der Waals surface area contributed by atoms with Crippen molar-refractivity contribution < 1.29 is 19.1 Å².